The van der Waals surface area contributed by atoms with Crippen molar-refractivity contribution in [2.75, 3.05) is 26.0 Å². The summed E-state index contributed by atoms with van der Waals surface area (Å²) in [5.74, 6) is 0.363. The van der Waals surface area contributed by atoms with Crippen LogP contribution in [0.1, 0.15) is 27.7 Å². The van der Waals surface area contributed by atoms with Crippen LogP contribution in [-0.2, 0) is 14.6 Å². The van der Waals surface area contributed by atoms with Crippen molar-refractivity contribution < 1.29 is 13.2 Å². The van der Waals surface area contributed by atoms with E-state index in [2.05, 4.69) is 5.32 Å². The van der Waals surface area contributed by atoms with Gasteiger partial charge in [0.05, 0.1) is 17.6 Å². The lowest BCUT2D eigenvalue weighted by Crippen LogP contribution is -2.36. The van der Waals surface area contributed by atoms with Gasteiger partial charge in [0.15, 0.2) is 9.84 Å². The number of hydrogen-bond donors (Lipinski definition) is 1. The minimum atomic E-state index is -2.97. The van der Waals surface area contributed by atoms with Crippen LogP contribution >= 0.6 is 0 Å². The normalized spacial score (nSPS) is 16.4. The maximum absolute atomic E-state index is 11.8. The molecule has 2 unspecified atom stereocenters. The van der Waals surface area contributed by atoms with E-state index in [1.165, 1.54) is 0 Å². The van der Waals surface area contributed by atoms with Crippen molar-refractivity contribution in [3.05, 3.63) is 0 Å². The lowest BCUT2D eigenvalue weighted by atomic mass is 10.2. The second-order valence-corrected chi connectivity index (χ2v) is 7.10. The number of nitrogens with one attached hydrogen (secondary N) is 1. The molecule has 0 saturated heterocycles. The molecule has 0 spiro atoms. The van der Waals surface area contributed by atoms with E-state index in [4.69, 9.17) is 4.74 Å². The molecular weight excluding hydrogens is 226 g/mol. The molecule has 1 N–H and O–H groups in total. The molecule has 5 heteroatoms. The molecule has 0 aliphatic rings. The Morgan fingerprint density at radius 2 is 1.75 bits per heavy atom. The third kappa shape index (κ3) is 5.82. The van der Waals surface area contributed by atoms with E-state index in [-0.39, 0.29) is 23.0 Å². The fraction of sp³-hybridized carbons (Fsp3) is 1.00. The van der Waals surface area contributed by atoms with Crippen LogP contribution in [0.15, 0.2) is 0 Å². The maximum atomic E-state index is 11.8. The number of rotatable bonds is 8. The Morgan fingerprint density at radius 3 is 2.19 bits per heavy atom. The standard InChI is InChI=1S/C11H25NO3S/c1-9(2)11(4)16(13,14)7-6-12-10(3)8-15-5/h9-12H,6-8H2,1-5H3. The molecule has 0 aliphatic carbocycles. The molecule has 0 fully saturated rings. The summed E-state index contributed by atoms with van der Waals surface area (Å²) in [5, 5.41) is 2.86. The average Bonchev–Trinajstić information content (AvgIpc) is 2.16. The minimum Gasteiger partial charge on any atom is -0.383 e. The van der Waals surface area contributed by atoms with Gasteiger partial charge in [-0.25, -0.2) is 8.42 Å². The van der Waals surface area contributed by atoms with Gasteiger partial charge in [-0.2, -0.15) is 0 Å². The second-order valence-electron chi connectivity index (χ2n) is 4.63. The van der Waals surface area contributed by atoms with Crippen molar-refractivity contribution in [1.29, 1.82) is 0 Å². The number of methoxy groups -OCH3 is 1. The minimum absolute atomic E-state index is 0.168. The van der Waals surface area contributed by atoms with Gasteiger partial charge in [0.1, 0.15) is 0 Å². The molecule has 0 aromatic heterocycles. The van der Waals surface area contributed by atoms with Crippen LogP contribution in [0, 0.1) is 5.92 Å². The summed E-state index contributed by atoms with van der Waals surface area (Å²) in [6.07, 6.45) is 0. The quantitative estimate of drug-likeness (QED) is 0.701. The summed E-state index contributed by atoms with van der Waals surface area (Å²) >= 11 is 0. The van der Waals surface area contributed by atoms with Gasteiger partial charge < -0.3 is 10.1 Å². The number of ether oxygens (including phenoxy) is 1. The van der Waals surface area contributed by atoms with Crippen molar-refractivity contribution >= 4 is 9.84 Å². The molecular formula is C11H25NO3S. The van der Waals surface area contributed by atoms with Crippen LogP contribution in [0.2, 0.25) is 0 Å². The predicted octanol–water partition coefficient (Wildman–Crippen LogP) is 1.07. The average molecular weight is 251 g/mol. The molecule has 0 saturated carbocycles. The van der Waals surface area contributed by atoms with Gasteiger partial charge in [0.25, 0.3) is 0 Å². The first-order valence-electron chi connectivity index (χ1n) is 5.75. The Bertz CT molecular complexity index is 275. The highest BCUT2D eigenvalue weighted by atomic mass is 32.2. The van der Waals surface area contributed by atoms with Crippen LogP contribution in [0.4, 0.5) is 0 Å². The smallest absolute Gasteiger partial charge is 0.154 e. The molecule has 0 aromatic carbocycles. The molecule has 4 nitrogen and oxygen atoms in total. The lowest BCUT2D eigenvalue weighted by Gasteiger charge is -2.18. The SMILES string of the molecule is COCC(C)NCCS(=O)(=O)C(C)C(C)C. The fourth-order valence-corrected chi connectivity index (χ4v) is 2.96. The maximum Gasteiger partial charge on any atom is 0.154 e. The fourth-order valence-electron chi connectivity index (χ4n) is 1.36. The van der Waals surface area contributed by atoms with Gasteiger partial charge in [-0.05, 0) is 19.8 Å². The second kappa shape index (κ2) is 7.25. The zero-order chi connectivity index (χ0) is 12.8. The van der Waals surface area contributed by atoms with E-state index < -0.39 is 9.84 Å². The molecule has 16 heavy (non-hydrogen) atoms. The van der Waals surface area contributed by atoms with E-state index >= 15 is 0 Å². The molecule has 0 radical (unpaired) electrons. The highest BCUT2D eigenvalue weighted by Crippen LogP contribution is 2.11. The Labute approximate surface area is 99.7 Å². The van der Waals surface area contributed by atoms with Gasteiger partial charge in [-0.3, -0.25) is 0 Å². The summed E-state index contributed by atoms with van der Waals surface area (Å²) < 4.78 is 28.6. The van der Waals surface area contributed by atoms with E-state index in [1.807, 2.05) is 20.8 Å². The zero-order valence-corrected chi connectivity index (χ0v) is 11.8. The third-order valence-corrected chi connectivity index (χ3v) is 5.25. The first kappa shape index (κ1) is 15.9. The number of hydrogen-bond acceptors (Lipinski definition) is 4. The first-order valence-corrected chi connectivity index (χ1v) is 7.46. The number of sulfone groups is 1. The molecule has 0 rings (SSSR count). The zero-order valence-electron chi connectivity index (χ0n) is 11.0. The summed E-state index contributed by atoms with van der Waals surface area (Å²) in [6.45, 7) is 8.71. The van der Waals surface area contributed by atoms with E-state index in [0.717, 1.165) is 0 Å². The molecule has 0 aromatic rings. The largest absolute Gasteiger partial charge is 0.383 e. The van der Waals surface area contributed by atoms with E-state index in [0.29, 0.717) is 13.2 Å². The topological polar surface area (TPSA) is 55.4 Å². The first-order chi connectivity index (χ1) is 7.31. The molecule has 0 amide bonds. The Morgan fingerprint density at radius 1 is 1.19 bits per heavy atom. The summed E-state index contributed by atoms with van der Waals surface area (Å²) in [7, 11) is -1.34. The highest BCUT2D eigenvalue weighted by molar-refractivity contribution is 7.92. The van der Waals surface area contributed by atoms with Crippen molar-refractivity contribution in [2.24, 2.45) is 5.92 Å². The Balaban J connectivity index is 4.01. The molecule has 0 heterocycles. The molecule has 2 atom stereocenters. The monoisotopic (exact) mass is 251 g/mol. The van der Waals surface area contributed by atoms with Crippen LogP contribution in [0.3, 0.4) is 0 Å². The van der Waals surface area contributed by atoms with Crippen molar-refractivity contribution in [1.82, 2.24) is 5.32 Å². The molecule has 98 valence electrons. The lowest BCUT2D eigenvalue weighted by molar-refractivity contribution is 0.173. The van der Waals surface area contributed by atoms with Gasteiger partial charge in [-0.1, -0.05) is 13.8 Å². The predicted molar refractivity (Wildman–Crippen MR) is 67.4 cm³/mol. The summed E-state index contributed by atoms with van der Waals surface area (Å²) in [4.78, 5) is 0. The Kier molecular flexibility index (Phi) is 7.19. The van der Waals surface area contributed by atoms with Gasteiger partial charge in [0, 0.05) is 19.7 Å². The molecule has 0 bridgehead atoms. The summed E-state index contributed by atoms with van der Waals surface area (Å²) in [6, 6.07) is 0.189. The van der Waals surface area contributed by atoms with Gasteiger partial charge in [-0.15, -0.1) is 0 Å². The van der Waals surface area contributed by atoms with Gasteiger partial charge in [0.2, 0.25) is 0 Å². The molecule has 0 aliphatic heterocycles. The van der Waals surface area contributed by atoms with Crippen LogP contribution in [-0.4, -0.2) is 45.7 Å². The Hall–Kier alpha value is -0.130. The van der Waals surface area contributed by atoms with Crippen LogP contribution in [0.25, 0.3) is 0 Å². The highest BCUT2D eigenvalue weighted by Gasteiger charge is 2.23. The van der Waals surface area contributed by atoms with Crippen molar-refractivity contribution in [3.8, 4) is 0 Å². The van der Waals surface area contributed by atoms with Crippen molar-refractivity contribution in [2.45, 2.75) is 39.0 Å². The van der Waals surface area contributed by atoms with Crippen molar-refractivity contribution in [3.63, 3.8) is 0 Å². The van der Waals surface area contributed by atoms with E-state index in [9.17, 15) is 8.42 Å². The third-order valence-electron chi connectivity index (χ3n) is 2.80. The van der Waals surface area contributed by atoms with E-state index in [1.54, 1.807) is 14.0 Å². The van der Waals surface area contributed by atoms with Crippen LogP contribution in [0.5, 0.6) is 0 Å². The van der Waals surface area contributed by atoms with Crippen LogP contribution < -0.4 is 5.32 Å². The van der Waals surface area contributed by atoms with Gasteiger partial charge >= 0.3 is 0 Å². The summed E-state index contributed by atoms with van der Waals surface area (Å²) in [5.41, 5.74) is 0.